The lowest BCUT2D eigenvalue weighted by Crippen LogP contribution is -2.14. The first kappa shape index (κ1) is 17.1. The molecule has 6 nitrogen and oxygen atoms in total. The molecule has 0 spiro atoms. The number of aromatic hydroxyl groups is 1. The van der Waals surface area contributed by atoms with Crippen molar-refractivity contribution in [3.8, 4) is 17.2 Å². The Bertz CT molecular complexity index is 771. The third-order valence-corrected chi connectivity index (χ3v) is 3.45. The number of carbonyl (C=O) groups is 1. The molecule has 1 heterocycles. The third kappa shape index (κ3) is 3.94. The Balaban J connectivity index is 2.42. The average molecular weight is 361 g/mol. The first-order chi connectivity index (χ1) is 10.8. The number of rotatable bonds is 5. The molecule has 0 bridgehead atoms. The van der Waals surface area contributed by atoms with Crippen LogP contribution in [0.2, 0.25) is 10.0 Å². The molecule has 0 aliphatic heterocycles. The van der Waals surface area contributed by atoms with Gasteiger partial charge in [0.15, 0.2) is 11.6 Å². The van der Waals surface area contributed by atoms with Gasteiger partial charge < -0.3 is 20.3 Å². The van der Waals surface area contributed by atoms with Gasteiger partial charge in [-0.25, -0.2) is 0 Å². The normalized spacial score (nSPS) is 10.4. The zero-order chi connectivity index (χ0) is 17.1. The van der Waals surface area contributed by atoms with Crippen molar-refractivity contribution >= 4 is 35.0 Å². The lowest BCUT2D eigenvalue weighted by Gasteiger charge is -2.14. The number of carboxylic acid groups (broad SMARTS) is 1. The van der Waals surface area contributed by atoms with Crippen LogP contribution in [-0.2, 0) is 4.79 Å². The number of ether oxygens (including phenoxy) is 1. The van der Waals surface area contributed by atoms with Gasteiger partial charge >= 0.3 is 5.97 Å². The molecule has 3 N–H and O–H groups in total. The Morgan fingerprint density at radius 1 is 1.39 bits per heavy atom. The molecule has 0 unspecified atom stereocenters. The Morgan fingerprint density at radius 2 is 2.09 bits per heavy atom. The Kier molecular flexibility index (Phi) is 5.12. The molecular weight excluding hydrogens is 350 g/mol. The van der Waals surface area contributed by atoms with E-state index in [1.54, 1.807) is 6.92 Å². The second-order valence-corrected chi connectivity index (χ2v) is 5.26. The highest BCUT2D eigenvalue weighted by atomic mass is 35.5. The van der Waals surface area contributed by atoms with E-state index in [0.717, 1.165) is 0 Å². The summed E-state index contributed by atoms with van der Waals surface area (Å²) in [5.74, 6) is -2.31. The number of anilines is 1. The number of benzene rings is 1. The average Bonchev–Trinajstić information content (AvgIpc) is 2.47. The van der Waals surface area contributed by atoms with Gasteiger partial charge in [0.25, 0.3) is 0 Å². The fourth-order valence-electron chi connectivity index (χ4n) is 1.72. The van der Waals surface area contributed by atoms with Crippen molar-refractivity contribution in [1.82, 2.24) is 4.98 Å². The number of hydrogen-bond donors (Lipinski definition) is 3. The molecule has 0 aliphatic rings. The van der Waals surface area contributed by atoms with Crippen LogP contribution in [0.3, 0.4) is 0 Å². The van der Waals surface area contributed by atoms with Crippen LogP contribution in [0.4, 0.5) is 10.2 Å². The predicted octanol–water partition coefficient (Wildman–Crippen LogP) is 3.83. The minimum Gasteiger partial charge on any atom is -0.508 e. The van der Waals surface area contributed by atoms with Crippen LogP contribution < -0.4 is 10.1 Å². The number of pyridine rings is 1. The molecule has 2 rings (SSSR count). The zero-order valence-electron chi connectivity index (χ0n) is 11.7. The minimum absolute atomic E-state index is 0.0387. The number of carboxylic acids is 1. The summed E-state index contributed by atoms with van der Waals surface area (Å²) in [4.78, 5) is 14.0. The van der Waals surface area contributed by atoms with E-state index in [1.807, 2.05) is 0 Å². The monoisotopic (exact) mass is 360 g/mol. The smallest absolute Gasteiger partial charge is 0.322 e. The largest absolute Gasteiger partial charge is 0.508 e. The van der Waals surface area contributed by atoms with E-state index >= 15 is 0 Å². The highest BCUT2D eigenvalue weighted by molar-refractivity contribution is 6.38. The summed E-state index contributed by atoms with van der Waals surface area (Å²) in [6.07, 6.45) is 0. The molecule has 1 aromatic heterocycles. The third-order valence-electron chi connectivity index (χ3n) is 2.78. The van der Waals surface area contributed by atoms with E-state index in [9.17, 15) is 14.3 Å². The number of hydrogen-bond acceptors (Lipinski definition) is 5. The van der Waals surface area contributed by atoms with Gasteiger partial charge in [0, 0.05) is 0 Å². The second kappa shape index (κ2) is 6.89. The standard InChI is InChI=1S/C14H11Cl2FN2O4/c1-6-4-7(20)2-3-8(6)23-12-10(15)13(17)19-14(11(12)16)18-5-9(21)22/h2-4,20H,5H2,1H3,(H,18,19)(H,21,22). The Morgan fingerprint density at radius 3 is 2.70 bits per heavy atom. The lowest BCUT2D eigenvalue weighted by molar-refractivity contribution is -0.134. The summed E-state index contributed by atoms with van der Waals surface area (Å²) >= 11 is 11.9. The Hall–Kier alpha value is -2.25. The van der Waals surface area contributed by atoms with Crippen molar-refractivity contribution in [1.29, 1.82) is 0 Å². The maximum absolute atomic E-state index is 13.8. The maximum Gasteiger partial charge on any atom is 0.322 e. The van der Waals surface area contributed by atoms with E-state index in [-0.39, 0.29) is 22.3 Å². The molecule has 2 aromatic rings. The molecule has 0 atom stereocenters. The van der Waals surface area contributed by atoms with Gasteiger partial charge in [-0.1, -0.05) is 23.2 Å². The maximum atomic E-state index is 13.8. The van der Waals surface area contributed by atoms with Crippen LogP contribution in [0.15, 0.2) is 18.2 Å². The van der Waals surface area contributed by atoms with Crippen molar-refractivity contribution in [2.45, 2.75) is 6.92 Å². The van der Waals surface area contributed by atoms with Gasteiger partial charge in [-0.3, -0.25) is 4.79 Å². The van der Waals surface area contributed by atoms with Crippen LogP contribution >= 0.6 is 23.2 Å². The topological polar surface area (TPSA) is 91.7 Å². The fraction of sp³-hybridized carbons (Fsp3) is 0.143. The van der Waals surface area contributed by atoms with Gasteiger partial charge in [-0.15, -0.1) is 0 Å². The second-order valence-electron chi connectivity index (χ2n) is 4.51. The molecule has 0 saturated carbocycles. The summed E-state index contributed by atoms with van der Waals surface area (Å²) < 4.78 is 19.3. The van der Waals surface area contributed by atoms with Crippen LogP contribution in [-0.4, -0.2) is 27.7 Å². The molecule has 0 saturated heterocycles. The van der Waals surface area contributed by atoms with E-state index in [2.05, 4.69) is 10.3 Å². The van der Waals surface area contributed by atoms with Crippen molar-refractivity contribution in [2.24, 2.45) is 0 Å². The van der Waals surface area contributed by atoms with Gasteiger partial charge in [-0.05, 0) is 30.7 Å². The van der Waals surface area contributed by atoms with Crippen LogP contribution in [0.1, 0.15) is 5.56 Å². The molecule has 0 radical (unpaired) electrons. The number of phenolic OH excluding ortho intramolecular Hbond substituents is 1. The van der Waals surface area contributed by atoms with Gasteiger partial charge in [-0.2, -0.15) is 9.37 Å². The van der Waals surface area contributed by atoms with Gasteiger partial charge in [0.05, 0.1) is 0 Å². The number of aromatic nitrogens is 1. The molecule has 23 heavy (non-hydrogen) atoms. The SMILES string of the molecule is Cc1cc(O)ccc1Oc1c(Cl)c(F)nc(NCC(=O)O)c1Cl. The quantitative estimate of drug-likeness (QED) is 0.701. The van der Waals surface area contributed by atoms with Gasteiger partial charge in [0.2, 0.25) is 5.95 Å². The lowest BCUT2D eigenvalue weighted by atomic mass is 10.2. The van der Waals surface area contributed by atoms with Crippen molar-refractivity contribution < 1.29 is 24.1 Å². The zero-order valence-corrected chi connectivity index (χ0v) is 13.2. The number of aliphatic carboxylic acids is 1. The summed E-state index contributed by atoms with van der Waals surface area (Å²) in [6, 6.07) is 4.28. The van der Waals surface area contributed by atoms with Crippen molar-refractivity contribution in [3.63, 3.8) is 0 Å². The van der Waals surface area contributed by atoms with Crippen molar-refractivity contribution in [2.75, 3.05) is 11.9 Å². The van der Waals surface area contributed by atoms with Gasteiger partial charge in [0.1, 0.15) is 28.1 Å². The molecule has 0 amide bonds. The Labute approximate surface area is 140 Å². The number of halogens is 3. The van der Waals surface area contributed by atoms with Crippen LogP contribution in [0, 0.1) is 12.9 Å². The highest BCUT2D eigenvalue weighted by Crippen LogP contribution is 2.42. The summed E-state index contributed by atoms with van der Waals surface area (Å²) in [5.41, 5.74) is 0.564. The number of nitrogens with one attached hydrogen (secondary N) is 1. The fourth-order valence-corrected chi connectivity index (χ4v) is 2.18. The van der Waals surface area contributed by atoms with E-state index in [4.69, 9.17) is 33.0 Å². The molecule has 1 aromatic carbocycles. The van der Waals surface area contributed by atoms with E-state index < -0.39 is 23.5 Å². The number of aryl methyl sites for hydroxylation is 1. The van der Waals surface area contributed by atoms with E-state index in [1.165, 1.54) is 18.2 Å². The van der Waals surface area contributed by atoms with Crippen LogP contribution in [0.25, 0.3) is 0 Å². The van der Waals surface area contributed by atoms with Crippen LogP contribution in [0.5, 0.6) is 17.2 Å². The van der Waals surface area contributed by atoms with Crippen molar-refractivity contribution in [3.05, 3.63) is 39.8 Å². The molecule has 0 fully saturated rings. The van der Waals surface area contributed by atoms with E-state index in [0.29, 0.717) is 11.3 Å². The highest BCUT2D eigenvalue weighted by Gasteiger charge is 2.20. The molecular formula is C14H11Cl2FN2O4. The number of nitrogens with zero attached hydrogens (tertiary/aromatic N) is 1. The number of phenols is 1. The summed E-state index contributed by atoms with van der Waals surface area (Å²) in [5, 5.41) is 19.8. The summed E-state index contributed by atoms with van der Waals surface area (Å²) in [6.45, 7) is 1.16. The first-order valence-electron chi connectivity index (χ1n) is 6.27. The minimum atomic E-state index is -1.17. The molecule has 122 valence electrons. The molecule has 9 heteroatoms. The summed E-state index contributed by atoms with van der Waals surface area (Å²) in [7, 11) is 0. The predicted molar refractivity (Wildman–Crippen MR) is 83.3 cm³/mol. The first-order valence-corrected chi connectivity index (χ1v) is 7.02. The molecule has 0 aliphatic carbocycles.